The van der Waals surface area contributed by atoms with Crippen LogP contribution in [0.3, 0.4) is 0 Å². The van der Waals surface area contributed by atoms with Crippen molar-refractivity contribution in [2.24, 2.45) is 0 Å². The van der Waals surface area contributed by atoms with Gasteiger partial charge in [0.25, 0.3) is 0 Å². The summed E-state index contributed by atoms with van der Waals surface area (Å²) in [5.74, 6) is 0.202. The quantitative estimate of drug-likeness (QED) is 0.198. The second-order valence-corrected chi connectivity index (χ2v) is 12.7. The van der Waals surface area contributed by atoms with Gasteiger partial charge >= 0.3 is 6.09 Å². The van der Waals surface area contributed by atoms with Gasteiger partial charge in [-0.05, 0) is 77.5 Å². The minimum absolute atomic E-state index is 0.0666. The first-order chi connectivity index (χ1) is 20.7. The summed E-state index contributed by atoms with van der Waals surface area (Å²) in [5.41, 5.74) is 1.29. The second kappa shape index (κ2) is 12.9. The van der Waals surface area contributed by atoms with Crippen molar-refractivity contribution in [1.29, 1.82) is 5.41 Å². The molecule has 2 N–H and O–H groups in total. The van der Waals surface area contributed by atoms with Crippen LogP contribution >= 0.6 is 11.3 Å². The Balaban J connectivity index is 1.39. The van der Waals surface area contributed by atoms with Crippen LogP contribution in [0.25, 0.3) is 10.8 Å². The number of fused-ring (bicyclic) bond motifs is 1. The van der Waals surface area contributed by atoms with E-state index in [2.05, 4.69) is 10.3 Å². The minimum Gasteiger partial charge on any atom is -0.497 e. The average molecular weight is 622 g/mol. The molecule has 1 aliphatic heterocycles. The van der Waals surface area contributed by atoms with Crippen LogP contribution in [0, 0.1) is 5.41 Å². The molecule has 1 saturated heterocycles. The molecule has 2 aromatic heterocycles. The van der Waals surface area contributed by atoms with Crippen LogP contribution in [-0.2, 0) is 32.6 Å². The Hall–Kier alpha value is -4.33. The second-order valence-electron chi connectivity index (χ2n) is 9.85. The van der Waals surface area contributed by atoms with Gasteiger partial charge in [-0.25, -0.2) is 13.2 Å². The number of benzene rings is 2. The summed E-state index contributed by atoms with van der Waals surface area (Å²) in [4.78, 5) is 32.0. The lowest BCUT2D eigenvalue weighted by molar-refractivity contribution is -0.131. The van der Waals surface area contributed by atoms with E-state index in [-0.39, 0.29) is 36.3 Å². The fourth-order valence-corrected chi connectivity index (χ4v) is 7.36. The molecular weight excluding hydrogens is 590 g/mol. The molecule has 1 aliphatic rings. The first-order valence-electron chi connectivity index (χ1n) is 13.6. The third-order valence-corrected chi connectivity index (χ3v) is 9.91. The molecule has 224 valence electrons. The van der Waals surface area contributed by atoms with Gasteiger partial charge in [0.2, 0.25) is 15.9 Å². The maximum absolute atomic E-state index is 14.2. The van der Waals surface area contributed by atoms with Crippen molar-refractivity contribution in [3.63, 3.8) is 0 Å². The number of carbonyl (C=O) groups excluding carboxylic acids is 2. The fourth-order valence-electron chi connectivity index (χ4n) is 4.93. The number of carbonyl (C=O) groups is 2. The van der Waals surface area contributed by atoms with Gasteiger partial charge in [0, 0.05) is 19.3 Å². The molecule has 13 heteroatoms. The Morgan fingerprint density at radius 3 is 2.72 bits per heavy atom. The number of sulfonamides is 1. The van der Waals surface area contributed by atoms with Gasteiger partial charge in [-0.3, -0.25) is 20.5 Å². The van der Waals surface area contributed by atoms with Gasteiger partial charge in [0.05, 0.1) is 35.7 Å². The Kier molecular flexibility index (Phi) is 9.04. The van der Waals surface area contributed by atoms with Gasteiger partial charge in [0.1, 0.15) is 17.6 Å². The number of alkyl carbamates (subject to hydrolysis) is 1. The lowest BCUT2D eigenvalue weighted by Gasteiger charge is -2.27. The molecule has 0 spiro atoms. The van der Waals surface area contributed by atoms with E-state index in [1.807, 2.05) is 17.5 Å². The first kappa shape index (κ1) is 30.1. The van der Waals surface area contributed by atoms with Crippen molar-refractivity contribution >= 4 is 50.0 Å². The maximum Gasteiger partial charge on any atom is 0.412 e. The van der Waals surface area contributed by atoms with Gasteiger partial charge in [-0.15, -0.1) is 11.3 Å². The number of amides is 2. The van der Waals surface area contributed by atoms with E-state index in [9.17, 15) is 18.0 Å². The number of aromatic nitrogens is 1. The molecule has 43 heavy (non-hydrogen) atoms. The number of ether oxygens (including phenoxy) is 2. The molecule has 1 unspecified atom stereocenters. The van der Waals surface area contributed by atoms with Crippen LogP contribution in [0.1, 0.15) is 29.5 Å². The predicted molar refractivity (Wildman–Crippen MR) is 163 cm³/mol. The molecule has 1 atom stereocenters. The largest absolute Gasteiger partial charge is 0.497 e. The van der Waals surface area contributed by atoms with Crippen molar-refractivity contribution in [2.45, 2.75) is 37.4 Å². The van der Waals surface area contributed by atoms with Crippen LogP contribution < -0.4 is 10.1 Å². The smallest absolute Gasteiger partial charge is 0.412 e. The van der Waals surface area contributed by atoms with Crippen LogP contribution in [0.2, 0.25) is 0 Å². The number of hydrogen-bond acceptors (Lipinski definition) is 9. The summed E-state index contributed by atoms with van der Waals surface area (Å²) in [6, 6.07) is 16.4. The van der Waals surface area contributed by atoms with Crippen molar-refractivity contribution in [1.82, 2.24) is 19.5 Å². The number of methoxy groups -OCH3 is 1. The molecule has 2 aromatic carbocycles. The normalized spacial score (nSPS) is 15.2. The molecule has 0 aliphatic carbocycles. The highest BCUT2D eigenvalue weighted by Gasteiger charge is 2.42. The molecule has 0 radical (unpaired) electrons. The van der Waals surface area contributed by atoms with Crippen LogP contribution in [-0.4, -0.2) is 66.7 Å². The Morgan fingerprint density at radius 2 is 1.98 bits per heavy atom. The number of pyridine rings is 1. The maximum atomic E-state index is 14.2. The van der Waals surface area contributed by atoms with Crippen molar-refractivity contribution in [2.75, 3.05) is 20.3 Å². The Morgan fingerprint density at radius 1 is 1.16 bits per heavy atom. The van der Waals surface area contributed by atoms with Gasteiger partial charge < -0.3 is 14.4 Å². The molecule has 11 nitrogen and oxygen atoms in total. The summed E-state index contributed by atoms with van der Waals surface area (Å²) >= 11 is 1.26. The summed E-state index contributed by atoms with van der Waals surface area (Å²) in [5, 5.41) is 13.9. The topological polar surface area (TPSA) is 142 Å². The summed E-state index contributed by atoms with van der Waals surface area (Å²) in [6.45, 7) is 2.40. The average Bonchev–Trinajstić information content (AvgIpc) is 3.62. The highest BCUT2D eigenvalue weighted by molar-refractivity contribution is 7.89. The molecule has 2 amide bonds. The van der Waals surface area contributed by atoms with Crippen LogP contribution in [0.15, 0.2) is 77.1 Å². The highest BCUT2D eigenvalue weighted by Crippen LogP contribution is 2.30. The van der Waals surface area contributed by atoms with E-state index in [0.717, 1.165) is 10.9 Å². The predicted octanol–water partition coefficient (Wildman–Crippen LogP) is 4.37. The standard InChI is InChI=1S/C30H31N5O6S2/c1-3-41-30(37)33-28(31)27-14-20(19-42-27)17-34-13-11-26(29(34)36)35(18-23-6-4-5-12-32-23)43(38,39)25-10-8-21-7-9-24(40-2)15-22(21)16-25/h4-10,12,14-16,19,26H,3,11,13,17-18H2,1-2H3,(H2,31,33,37). The molecule has 0 saturated carbocycles. The third kappa shape index (κ3) is 6.69. The number of thiophene rings is 1. The van der Waals surface area contributed by atoms with Crippen molar-refractivity contribution in [3.05, 3.63) is 88.4 Å². The molecule has 4 aromatic rings. The minimum atomic E-state index is -4.12. The SMILES string of the molecule is CCOC(=O)NC(=N)c1cc(CN2CCC(N(Cc3ccccn3)S(=O)(=O)c3ccc4ccc(OC)cc4c3)C2=O)cs1. The summed E-state index contributed by atoms with van der Waals surface area (Å²) < 4.78 is 39.7. The van der Waals surface area contributed by atoms with Gasteiger partial charge in [-0.1, -0.05) is 18.2 Å². The van der Waals surface area contributed by atoms with E-state index in [0.29, 0.717) is 34.7 Å². The lowest BCUT2D eigenvalue weighted by Crippen LogP contribution is -2.44. The first-order valence-corrected chi connectivity index (χ1v) is 15.9. The van der Waals surface area contributed by atoms with Crippen molar-refractivity contribution in [3.8, 4) is 5.75 Å². The van der Waals surface area contributed by atoms with E-state index >= 15 is 0 Å². The zero-order valence-electron chi connectivity index (χ0n) is 23.6. The monoisotopic (exact) mass is 621 g/mol. The number of amidine groups is 1. The highest BCUT2D eigenvalue weighted by atomic mass is 32.2. The molecular formula is C30H31N5O6S2. The summed E-state index contributed by atoms with van der Waals surface area (Å²) in [6.07, 6.45) is 1.19. The van der Waals surface area contributed by atoms with E-state index < -0.39 is 22.2 Å². The number of nitrogens with zero attached hydrogens (tertiary/aromatic N) is 3. The molecule has 5 rings (SSSR count). The summed E-state index contributed by atoms with van der Waals surface area (Å²) in [7, 11) is -2.57. The Bertz CT molecular complexity index is 1760. The number of nitrogens with one attached hydrogen (secondary N) is 2. The van der Waals surface area contributed by atoms with Crippen molar-refractivity contribution < 1.29 is 27.5 Å². The van der Waals surface area contributed by atoms with E-state index in [1.54, 1.807) is 73.7 Å². The van der Waals surface area contributed by atoms with E-state index in [4.69, 9.17) is 14.9 Å². The molecule has 1 fully saturated rings. The third-order valence-electron chi connectivity index (χ3n) is 7.06. The number of hydrogen-bond donors (Lipinski definition) is 2. The fraction of sp³-hybridized carbons (Fsp3) is 0.267. The van der Waals surface area contributed by atoms with Gasteiger partial charge in [-0.2, -0.15) is 4.31 Å². The lowest BCUT2D eigenvalue weighted by atomic mass is 10.1. The zero-order chi connectivity index (χ0) is 30.6. The van der Waals surface area contributed by atoms with Gasteiger partial charge in [0.15, 0.2) is 0 Å². The number of rotatable bonds is 10. The Labute approximate surface area is 253 Å². The van der Waals surface area contributed by atoms with Crippen LogP contribution in [0.5, 0.6) is 5.75 Å². The number of likely N-dealkylation sites (tertiary alicyclic amines) is 1. The molecule has 0 bridgehead atoms. The zero-order valence-corrected chi connectivity index (χ0v) is 25.3. The van der Waals surface area contributed by atoms with Crippen LogP contribution in [0.4, 0.5) is 4.79 Å². The molecule has 3 heterocycles. The van der Waals surface area contributed by atoms with E-state index in [1.165, 1.54) is 15.6 Å².